The maximum absolute atomic E-state index is 13.0. The van der Waals surface area contributed by atoms with Crippen molar-refractivity contribution in [2.45, 2.75) is 12.5 Å². The van der Waals surface area contributed by atoms with Gasteiger partial charge in [-0.05, 0) is 24.6 Å². The third-order valence-corrected chi connectivity index (χ3v) is 2.38. The molecule has 0 radical (unpaired) electrons. The molecule has 0 aromatic heterocycles. The van der Waals surface area contributed by atoms with Crippen LogP contribution in [-0.4, -0.2) is 37.4 Å². The Morgan fingerprint density at radius 1 is 1.61 bits per heavy atom. The predicted octanol–water partition coefficient (Wildman–Crippen LogP) is 0.535. The Kier molecular flexibility index (Phi) is 5.54. The number of aliphatic hydroxyl groups excluding tert-OH is 1. The maximum Gasteiger partial charge on any atom is 0.253 e. The number of amides is 1. The summed E-state index contributed by atoms with van der Waals surface area (Å²) in [7, 11) is 1.48. The molecule has 1 atom stereocenters. The van der Waals surface area contributed by atoms with E-state index < -0.39 is 17.8 Å². The highest BCUT2D eigenvalue weighted by Crippen LogP contribution is 2.12. The quantitative estimate of drug-likeness (QED) is 0.648. The monoisotopic (exact) mass is 256 g/mol. The van der Waals surface area contributed by atoms with Crippen molar-refractivity contribution >= 4 is 11.6 Å². The van der Waals surface area contributed by atoms with Gasteiger partial charge in [0, 0.05) is 19.3 Å². The second-order valence-electron chi connectivity index (χ2n) is 3.89. The van der Waals surface area contributed by atoms with Crippen molar-refractivity contribution in [3.63, 3.8) is 0 Å². The molecular formula is C12H17FN2O3. The van der Waals surface area contributed by atoms with E-state index in [9.17, 15) is 14.3 Å². The molecule has 0 bridgehead atoms. The zero-order chi connectivity index (χ0) is 13.5. The molecule has 0 spiro atoms. The Bertz CT molecular complexity index is 412. The first-order valence-corrected chi connectivity index (χ1v) is 5.54. The smallest absolute Gasteiger partial charge is 0.253 e. The molecule has 4 N–H and O–H groups in total. The van der Waals surface area contributed by atoms with Gasteiger partial charge in [-0.3, -0.25) is 4.79 Å². The van der Waals surface area contributed by atoms with Crippen LogP contribution < -0.4 is 11.1 Å². The summed E-state index contributed by atoms with van der Waals surface area (Å²) in [5.74, 6) is -0.981. The number of ether oxygens (including phenoxy) is 1. The molecule has 1 aromatic rings. The second-order valence-corrected chi connectivity index (χ2v) is 3.89. The van der Waals surface area contributed by atoms with E-state index in [0.717, 1.165) is 6.07 Å². The lowest BCUT2D eigenvalue weighted by molar-refractivity contribution is 0.0588. The molecule has 100 valence electrons. The highest BCUT2D eigenvalue weighted by Gasteiger charge is 2.11. The zero-order valence-electron chi connectivity index (χ0n) is 10.1. The van der Waals surface area contributed by atoms with Crippen LogP contribution in [0.25, 0.3) is 0 Å². The number of benzene rings is 1. The first-order chi connectivity index (χ1) is 8.54. The summed E-state index contributed by atoms with van der Waals surface area (Å²) in [6.07, 6.45) is -0.283. The van der Waals surface area contributed by atoms with Crippen LogP contribution in [0.3, 0.4) is 0 Å². The highest BCUT2D eigenvalue weighted by atomic mass is 19.1. The van der Waals surface area contributed by atoms with Crippen molar-refractivity contribution in [1.29, 1.82) is 0 Å². The van der Waals surface area contributed by atoms with E-state index in [1.165, 1.54) is 19.2 Å². The number of anilines is 1. The average Bonchev–Trinajstić information content (AvgIpc) is 2.32. The summed E-state index contributed by atoms with van der Waals surface area (Å²) in [5.41, 5.74) is 5.88. The molecule has 0 saturated carbocycles. The Morgan fingerprint density at radius 2 is 2.33 bits per heavy atom. The third kappa shape index (κ3) is 4.31. The summed E-state index contributed by atoms with van der Waals surface area (Å²) in [5, 5.41) is 11.9. The van der Waals surface area contributed by atoms with Crippen LogP contribution in [0.15, 0.2) is 18.2 Å². The normalized spacial score (nSPS) is 12.2. The highest BCUT2D eigenvalue weighted by molar-refractivity contribution is 5.99. The van der Waals surface area contributed by atoms with E-state index in [0.29, 0.717) is 6.42 Å². The number of methoxy groups -OCH3 is 1. The summed E-state index contributed by atoms with van der Waals surface area (Å²) in [6, 6.07) is 3.61. The van der Waals surface area contributed by atoms with Crippen LogP contribution in [-0.2, 0) is 4.74 Å². The lowest BCUT2D eigenvalue weighted by Gasteiger charge is -2.11. The van der Waals surface area contributed by atoms with Gasteiger partial charge in [-0.15, -0.1) is 0 Å². The van der Waals surface area contributed by atoms with Crippen molar-refractivity contribution in [2.75, 3.05) is 26.0 Å². The minimum atomic E-state index is -0.639. The number of nitrogen functional groups attached to an aromatic ring is 1. The summed E-state index contributed by atoms with van der Waals surface area (Å²) < 4.78 is 17.7. The molecule has 1 aromatic carbocycles. The number of carbonyl (C=O) groups excluding carboxylic acids is 1. The molecule has 6 heteroatoms. The largest absolute Gasteiger partial charge is 0.398 e. The van der Waals surface area contributed by atoms with Gasteiger partial charge >= 0.3 is 0 Å². The van der Waals surface area contributed by atoms with Gasteiger partial charge in [0.2, 0.25) is 0 Å². The SMILES string of the molecule is COCC(O)CCNC(=O)c1cc(F)ccc1N. The van der Waals surface area contributed by atoms with Gasteiger partial charge in [0.1, 0.15) is 5.82 Å². The Balaban J connectivity index is 2.48. The van der Waals surface area contributed by atoms with Crippen LogP contribution in [0.5, 0.6) is 0 Å². The van der Waals surface area contributed by atoms with Gasteiger partial charge in [-0.2, -0.15) is 0 Å². The van der Waals surface area contributed by atoms with E-state index in [2.05, 4.69) is 5.32 Å². The molecule has 5 nitrogen and oxygen atoms in total. The zero-order valence-corrected chi connectivity index (χ0v) is 10.1. The van der Waals surface area contributed by atoms with E-state index in [-0.39, 0.29) is 24.4 Å². The molecule has 0 aliphatic heterocycles. The van der Waals surface area contributed by atoms with E-state index in [1.54, 1.807) is 0 Å². The van der Waals surface area contributed by atoms with Gasteiger partial charge in [-0.1, -0.05) is 0 Å². The fourth-order valence-electron chi connectivity index (χ4n) is 1.45. The van der Waals surface area contributed by atoms with Gasteiger partial charge in [0.25, 0.3) is 5.91 Å². The van der Waals surface area contributed by atoms with Gasteiger partial charge in [-0.25, -0.2) is 4.39 Å². The van der Waals surface area contributed by atoms with Crippen LogP contribution in [0.2, 0.25) is 0 Å². The van der Waals surface area contributed by atoms with Crippen LogP contribution in [0.1, 0.15) is 16.8 Å². The number of nitrogens with two attached hydrogens (primary N) is 1. The summed E-state index contributed by atoms with van der Waals surface area (Å²) in [4.78, 5) is 11.7. The molecule has 0 aliphatic carbocycles. The number of halogens is 1. The Hall–Kier alpha value is -1.66. The van der Waals surface area contributed by atoms with Crippen molar-refractivity contribution in [3.8, 4) is 0 Å². The number of hydrogen-bond acceptors (Lipinski definition) is 4. The minimum absolute atomic E-state index is 0.0937. The maximum atomic E-state index is 13.0. The number of nitrogens with one attached hydrogen (secondary N) is 1. The third-order valence-electron chi connectivity index (χ3n) is 2.38. The van der Waals surface area contributed by atoms with Gasteiger partial charge in [0.15, 0.2) is 0 Å². The molecule has 1 unspecified atom stereocenters. The topological polar surface area (TPSA) is 84.6 Å². The lowest BCUT2D eigenvalue weighted by Crippen LogP contribution is -2.29. The van der Waals surface area contributed by atoms with Gasteiger partial charge in [0.05, 0.1) is 18.3 Å². The summed E-state index contributed by atoms with van der Waals surface area (Å²) >= 11 is 0. The number of carbonyl (C=O) groups is 1. The van der Waals surface area contributed by atoms with Crippen molar-refractivity contribution in [3.05, 3.63) is 29.6 Å². The molecule has 0 fully saturated rings. The summed E-state index contributed by atoms with van der Waals surface area (Å²) in [6.45, 7) is 0.470. The van der Waals surface area contributed by atoms with Crippen molar-refractivity contribution in [1.82, 2.24) is 5.32 Å². The van der Waals surface area contributed by atoms with Crippen LogP contribution in [0.4, 0.5) is 10.1 Å². The minimum Gasteiger partial charge on any atom is -0.398 e. The fourth-order valence-corrected chi connectivity index (χ4v) is 1.45. The molecular weight excluding hydrogens is 239 g/mol. The average molecular weight is 256 g/mol. The molecule has 1 amide bonds. The fraction of sp³-hybridized carbons (Fsp3) is 0.417. The van der Waals surface area contributed by atoms with Crippen LogP contribution in [0, 0.1) is 5.82 Å². The van der Waals surface area contributed by atoms with E-state index in [1.807, 2.05) is 0 Å². The first-order valence-electron chi connectivity index (χ1n) is 5.54. The van der Waals surface area contributed by atoms with Crippen LogP contribution >= 0.6 is 0 Å². The molecule has 0 aliphatic rings. The molecule has 0 saturated heterocycles. The lowest BCUT2D eigenvalue weighted by atomic mass is 10.1. The number of rotatable bonds is 6. The number of aliphatic hydroxyl groups is 1. The number of hydrogen-bond donors (Lipinski definition) is 3. The molecule has 18 heavy (non-hydrogen) atoms. The van der Waals surface area contributed by atoms with Crippen molar-refractivity contribution < 1.29 is 19.0 Å². The first kappa shape index (κ1) is 14.4. The standard InChI is InChI=1S/C12H17FN2O3/c1-18-7-9(16)4-5-15-12(17)10-6-8(13)2-3-11(10)14/h2-3,6,9,16H,4-5,7,14H2,1H3,(H,15,17). The van der Waals surface area contributed by atoms with E-state index in [4.69, 9.17) is 10.5 Å². The second kappa shape index (κ2) is 6.93. The van der Waals surface area contributed by atoms with E-state index >= 15 is 0 Å². The Labute approximate surface area is 105 Å². The molecule has 0 heterocycles. The molecule has 1 rings (SSSR count). The van der Waals surface area contributed by atoms with Crippen molar-refractivity contribution in [2.24, 2.45) is 0 Å². The van der Waals surface area contributed by atoms with Gasteiger partial charge < -0.3 is 20.9 Å². The Morgan fingerprint density at radius 3 is 3.00 bits per heavy atom. The predicted molar refractivity (Wildman–Crippen MR) is 65.6 cm³/mol.